The van der Waals surface area contributed by atoms with Gasteiger partial charge in [0.05, 0.1) is 10.6 Å². The number of aromatic hydroxyl groups is 2. The van der Waals surface area contributed by atoms with Crippen LogP contribution < -0.4 is 4.72 Å². The predicted octanol–water partition coefficient (Wildman–Crippen LogP) is 3.79. The molecule has 0 aliphatic heterocycles. The van der Waals surface area contributed by atoms with E-state index in [4.69, 9.17) is 0 Å². The maximum absolute atomic E-state index is 12.5. The Labute approximate surface area is 162 Å². The van der Waals surface area contributed by atoms with Crippen LogP contribution in [0.4, 0.5) is 5.69 Å². The molecule has 0 aromatic heterocycles. The van der Waals surface area contributed by atoms with Gasteiger partial charge in [0.25, 0.3) is 10.0 Å². The Bertz CT molecular complexity index is 1120. The van der Waals surface area contributed by atoms with E-state index in [0.717, 1.165) is 0 Å². The van der Waals surface area contributed by atoms with Gasteiger partial charge in [-0.25, -0.2) is 8.42 Å². The summed E-state index contributed by atoms with van der Waals surface area (Å²) in [5.74, 6) is -0.509. The fraction of sp³-hybridized carbons (Fsp3) is 0. The Kier molecular flexibility index (Phi) is 5.47. The van der Waals surface area contributed by atoms with E-state index < -0.39 is 10.0 Å². The molecule has 28 heavy (non-hydrogen) atoms. The first kappa shape index (κ1) is 19.2. The molecule has 3 aromatic carbocycles. The minimum atomic E-state index is -3.96. The van der Waals surface area contributed by atoms with Crippen molar-refractivity contribution in [1.29, 1.82) is 0 Å². The average Bonchev–Trinajstić information content (AvgIpc) is 2.69. The number of phenolic OH excluding ortho intramolecular Hbond substituents is 2. The summed E-state index contributed by atoms with van der Waals surface area (Å²) < 4.78 is 27.2. The third-order valence-corrected chi connectivity index (χ3v) is 5.28. The van der Waals surface area contributed by atoms with E-state index >= 15 is 0 Å². The molecule has 0 aliphatic rings. The van der Waals surface area contributed by atoms with Crippen molar-refractivity contribution in [2.75, 3.05) is 4.72 Å². The number of anilines is 1. The maximum Gasteiger partial charge on any atom is 0.262 e. The first-order valence-corrected chi connectivity index (χ1v) is 9.76. The second-order valence-corrected chi connectivity index (χ2v) is 7.62. The van der Waals surface area contributed by atoms with Crippen molar-refractivity contribution in [3.05, 3.63) is 90.0 Å². The Balaban J connectivity index is 1.82. The van der Waals surface area contributed by atoms with E-state index in [1.54, 1.807) is 30.3 Å². The van der Waals surface area contributed by atoms with E-state index in [1.807, 2.05) is 6.07 Å². The van der Waals surface area contributed by atoms with Gasteiger partial charge in [-0.05, 0) is 48.0 Å². The highest BCUT2D eigenvalue weighted by Gasteiger charge is 2.16. The highest BCUT2D eigenvalue weighted by molar-refractivity contribution is 7.92. The van der Waals surface area contributed by atoms with Crippen molar-refractivity contribution >= 4 is 27.6 Å². The van der Waals surface area contributed by atoms with Crippen LogP contribution >= 0.6 is 0 Å². The molecule has 0 saturated carbocycles. The quantitative estimate of drug-likeness (QED) is 0.335. The van der Waals surface area contributed by atoms with Gasteiger partial charge < -0.3 is 10.2 Å². The third-order valence-electron chi connectivity index (χ3n) is 3.90. The second kappa shape index (κ2) is 7.98. The smallest absolute Gasteiger partial charge is 0.262 e. The summed E-state index contributed by atoms with van der Waals surface area (Å²) in [7, 11) is -3.96. The molecule has 0 saturated heterocycles. The van der Waals surface area contributed by atoms with Crippen molar-refractivity contribution in [3.63, 3.8) is 0 Å². The van der Waals surface area contributed by atoms with E-state index in [1.165, 1.54) is 48.6 Å². The average molecular weight is 395 g/mol. The number of phenols is 2. The monoisotopic (exact) mass is 395 g/mol. The number of rotatable bonds is 6. The van der Waals surface area contributed by atoms with Crippen LogP contribution in [0.25, 0.3) is 6.08 Å². The SMILES string of the molecule is O=C(C=Cc1ccc(O)c(NS(=O)(=O)c2ccc(O)cc2)c1)c1ccccc1. The van der Waals surface area contributed by atoms with Crippen LogP contribution in [0.15, 0.2) is 83.8 Å². The summed E-state index contributed by atoms with van der Waals surface area (Å²) in [4.78, 5) is 12.1. The van der Waals surface area contributed by atoms with Crippen molar-refractivity contribution in [2.45, 2.75) is 4.90 Å². The lowest BCUT2D eigenvalue weighted by molar-refractivity contribution is 0.104. The van der Waals surface area contributed by atoms with Gasteiger partial charge >= 0.3 is 0 Å². The number of hydrogen-bond acceptors (Lipinski definition) is 5. The predicted molar refractivity (Wildman–Crippen MR) is 107 cm³/mol. The normalized spacial score (nSPS) is 11.4. The minimum absolute atomic E-state index is 0.0256. The Hall–Kier alpha value is -3.58. The van der Waals surface area contributed by atoms with Gasteiger partial charge in [0.2, 0.25) is 0 Å². The number of allylic oxidation sites excluding steroid dienone is 1. The molecular formula is C21H17NO5S. The van der Waals surface area contributed by atoms with Gasteiger partial charge in [-0.1, -0.05) is 42.5 Å². The Morgan fingerprint density at radius 1 is 0.893 bits per heavy atom. The molecule has 0 spiro atoms. The molecule has 3 aromatic rings. The van der Waals surface area contributed by atoms with E-state index in [-0.39, 0.29) is 27.9 Å². The molecule has 0 atom stereocenters. The summed E-state index contributed by atoms with van der Waals surface area (Å²) in [5, 5.41) is 19.3. The van der Waals surface area contributed by atoms with Crippen molar-refractivity contribution in [1.82, 2.24) is 0 Å². The topological polar surface area (TPSA) is 104 Å². The fourth-order valence-corrected chi connectivity index (χ4v) is 3.50. The first-order chi connectivity index (χ1) is 13.3. The second-order valence-electron chi connectivity index (χ2n) is 5.94. The van der Waals surface area contributed by atoms with Gasteiger partial charge in [-0.15, -0.1) is 0 Å². The lowest BCUT2D eigenvalue weighted by Crippen LogP contribution is -2.13. The summed E-state index contributed by atoms with van der Waals surface area (Å²) in [5.41, 5.74) is 1.04. The third kappa shape index (κ3) is 4.57. The molecule has 3 N–H and O–H groups in total. The molecule has 6 nitrogen and oxygen atoms in total. The van der Waals surface area contributed by atoms with Crippen molar-refractivity contribution < 1.29 is 23.4 Å². The molecule has 0 amide bonds. The van der Waals surface area contributed by atoms with Crippen LogP contribution in [0.3, 0.4) is 0 Å². The zero-order chi connectivity index (χ0) is 20.1. The molecular weight excluding hydrogens is 378 g/mol. The molecule has 0 fully saturated rings. The summed E-state index contributed by atoms with van der Waals surface area (Å²) in [6.45, 7) is 0. The molecule has 3 rings (SSSR count). The number of hydrogen-bond donors (Lipinski definition) is 3. The summed E-state index contributed by atoms with van der Waals surface area (Å²) in [6.07, 6.45) is 2.91. The van der Waals surface area contributed by atoms with Crippen LogP contribution in [0.5, 0.6) is 11.5 Å². The van der Waals surface area contributed by atoms with Crippen LogP contribution in [-0.2, 0) is 10.0 Å². The van der Waals surface area contributed by atoms with Gasteiger partial charge in [0.1, 0.15) is 11.5 Å². The van der Waals surface area contributed by atoms with Crippen LogP contribution in [-0.4, -0.2) is 24.4 Å². The molecule has 7 heteroatoms. The lowest BCUT2D eigenvalue weighted by atomic mass is 10.1. The van der Waals surface area contributed by atoms with E-state index in [0.29, 0.717) is 11.1 Å². The standard InChI is InChI=1S/C21H17NO5S/c23-17-8-10-18(11-9-17)28(26,27)22-19-14-15(7-13-21(19)25)6-12-20(24)16-4-2-1-3-5-16/h1-14,22-23,25H. The van der Waals surface area contributed by atoms with Gasteiger partial charge in [-0.2, -0.15) is 0 Å². The van der Waals surface area contributed by atoms with E-state index in [2.05, 4.69) is 4.72 Å². The summed E-state index contributed by atoms with van der Waals surface area (Å²) in [6, 6.07) is 18.0. The number of carbonyl (C=O) groups is 1. The van der Waals surface area contributed by atoms with Gasteiger partial charge in [0.15, 0.2) is 5.78 Å². The number of benzene rings is 3. The minimum Gasteiger partial charge on any atom is -0.508 e. The van der Waals surface area contributed by atoms with E-state index in [9.17, 15) is 23.4 Å². The number of nitrogens with one attached hydrogen (secondary N) is 1. The molecule has 0 radical (unpaired) electrons. The summed E-state index contributed by atoms with van der Waals surface area (Å²) >= 11 is 0. The molecule has 0 bridgehead atoms. The fourth-order valence-electron chi connectivity index (χ4n) is 2.44. The largest absolute Gasteiger partial charge is 0.508 e. The Morgan fingerprint density at radius 2 is 1.57 bits per heavy atom. The highest BCUT2D eigenvalue weighted by atomic mass is 32.2. The Morgan fingerprint density at radius 3 is 2.25 bits per heavy atom. The lowest BCUT2D eigenvalue weighted by Gasteiger charge is -2.10. The first-order valence-electron chi connectivity index (χ1n) is 8.27. The van der Waals surface area contributed by atoms with Crippen LogP contribution in [0.1, 0.15) is 15.9 Å². The van der Waals surface area contributed by atoms with Gasteiger partial charge in [-0.3, -0.25) is 9.52 Å². The van der Waals surface area contributed by atoms with Crippen LogP contribution in [0, 0.1) is 0 Å². The number of sulfonamides is 1. The van der Waals surface area contributed by atoms with Crippen molar-refractivity contribution in [2.24, 2.45) is 0 Å². The molecule has 142 valence electrons. The molecule has 0 heterocycles. The maximum atomic E-state index is 12.5. The van der Waals surface area contributed by atoms with Crippen molar-refractivity contribution in [3.8, 4) is 11.5 Å². The zero-order valence-corrected chi connectivity index (χ0v) is 15.4. The molecule has 0 unspecified atom stereocenters. The molecule has 0 aliphatic carbocycles. The zero-order valence-electron chi connectivity index (χ0n) is 14.6. The van der Waals surface area contributed by atoms with Gasteiger partial charge in [0, 0.05) is 5.56 Å². The number of carbonyl (C=O) groups excluding carboxylic acids is 1. The van der Waals surface area contributed by atoms with Crippen LogP contribution in [0.2, 0.25) is 0 Å². The highest BCUT2D eigenvalue weighted by Crippen LogP contribution is 2.28. The number of ketones is 1.